The Hall–Kier alpha value is -3.43. The molecule has 1 N–H and O–H groups in total. The van der Waals surface area contributed by atoms with Crippen LogP contribution in [0.4, 0.5) is 5.69 Å². The van der Waals surface area contributed by atoms with Gasteiger partial charge in [0.1, 0.15) is 12.4 Å². The van der Waals surface area contributed by atoms with Crippen LogP contribution in [0.25, 0.3) is 10.9 Å². The van der Waals surface area contributed by atoms with Crippen molar-refractivity contribution in [2.24, 2.45) is 0 Å². The van der Waals surface area contributed by atoms with Gasteiger partial charge in [-0.3, -0.25) is 19.1 Å². The molecule has 0 aliphatic carbocycles. The van der Waals surface area contributed by atoms with E-state index in [2.05, 4.69) is 24.1 Å². The number of carbonyl (C=O) groups is 1. The number of hydrogen-bond donors (Lipinski definition) is 1. The highest BCUT2D eigenvalue weighted by atomic mass is 16.5. The molecule has 3 aromatic rings. The van der Waals surface area contributed by atoms with Crippen LogP contribution in [-0.4, -0.2) is 60.9 Å². The molecule has 9 heteroatoms. The highest BCUT2D eigenvalue weighted by Crippen LogP contribution is 2.30. The molecular formula is C26H32N4O5. The largest absolute Gasteiger partial charge is 0.493 e. The molecule has 1 aliphatic heterocycles. The number of ether oxygens (including phenoxy) is 3. The van der Waals surface area contributed by atoms with Crippen LogP contribution in [0.5, 0.6) is 11.5 Å². The van der Waals surface area contributed by atoms with Crippen LogP contribution >= 0.6 is 0 Å². The Labute approximate surface area is 204 Å². The number of nitrogens with one attached hydrogen (secondary N) is 1. The maximum Gasteiger partial charge on any atom is 0.262 e. The van der Waals surface area contributed by atoms with E-state index in [0.29, 0.717) is 59.6 Å². The number of rotatable bonds is 8. The molecular weight excluding hydrogens is 448 g/mol. The Morgan fingerprint density at radius 2 is 1.83 bits per heavy atom. The summed E-state index contributed by atoms with van der Waals surface area (Å²) >= 11 is 0. The van der Waals surface area contributed by atoms with E-state index in [0.717, 1.165) is 18.7 Å². The zero-order valence-electron chi connectivity index (χ0n) is 20.7. The SMILES string of the molecule is COc1cc2nc(CN3CCOCC3)n(CC(=O)Nc3cccc(C(C)C)c3)c(=O)c2cc1OC. The second-order valence-corrected chi connectivity index (χ2v) is 8.86. The molecule has 1 amide bonds. The minimum absolute atomic E-state index is 0.151. The second-order valence-electron chi connectivity index (χ2n) is 8.86. The Morgan fingerprint density at radius 3 is 2.51 bits per heavy atom. The van der Waals surface area contributed by atoms with Crippen molar-refractivity contribution >= 4 is 22.5 Å². The van der Waals surface area contributed by atoms with Crippen LogP contribution < -0.4 is 20.3 Å². The van der Waals surface area contributed by atoms with Gasteiger partial charge >= 0.3 is 0 Å². The Bertz CT molecular complexity index is 1260. The lowest BCUT2D eigenvalue weighted by Gasteiger charge is -2.27. The fraction of sp³-hybridized carbons (Fsp3) is 0.423. The van der Waals surface area contributed by atoms with Gasteiger partial charge in [-0.25, -0.2) is 4.98 Å². The van der Waals surface area contributed by atoms with E-state index in [9.17, 15) is 9.59 Å². The number of amides is 1. The van der Waals surface area contributed by atoms with Crippen molar-refractivity contribution in [3.63, 3.8) is 0 Å². The van der Waals surface area contributed by atoms with Crippen LogP contribution in [0.2, 0.25) is 0 Å². The molecule has 0 bridgehead atoms. The molecule has 0 unspecified atom stereocenters. The summed E-state index contributed by atoms with van der Waals surface area (Å²) in [6.45, 7) is 7.18. The first-order valence-corrected chi connectivity index (χ1v) is 11.7. The van der Waals surface area contributed by atoms with E-state index in [4.69, 9.17) is 19.2 Å². The van der Waals surface area contributed by atoms with Gasteiger partial charge < -0.3 is 19.5 Å². The Balaban J connectivity index is 1.71. The van der Waals surface area contributed by atoms with Crippen LogP contribution in [0.1, 0.15) is 31.2 Å². The van der Waals surface area contributed by atoms with E-state index >= 15 is 0 Å². The third-order valence-electron chi connectivity index (χ3n) is 6.15. The minimum atomic E-state index is -0.301. The number of methoxy groups -OCH3 is 2. The maximum absolute atomic E-state index is 13.6. The Morgan fingerprint density at radius 1 is 1.11 bits per heavy atom. The van der Waals surface area contributed by atoms with Crippen molar-refractivity contribution in [1.82, 2.24) is 14.5 Å². The van der Waals surface area contributed by atoms with Gasteiger partial charge in [0, 0.05) is 24.8 Å². The number of morpholine rings is 1. The fourth-order valence-corrected chi connectivity index (χ4v) is 4.16. The van der Waals surface area contributed by atoms with Crippen molar-refractivity contribution in [2.75, 3.05) is 45.8 Å². The lowest BCUT2D eigenvalue weighted by Crippen LogP contribution is -2.39. The molecule has 1 fully saturated rings. The molecule has 1 aliphatic rings. The molecule has 1 aromatic heterocycles. The van der Waals surface area contributed by atoms with E-state index < -0.39 is 0 Å². The minimum Gasteiger partial charge on any atom is -0.493 e. The van der Waals surface area contributed by atoms with Gasteiger partial charge in [0.2, 0.25) is 5.91 Å². The smallest absolute Gasteiger partial charge is 0.262 e. The van der Waals surface area contributed by atoms with Gasteiger partial charge in [-0.15, -0.1) is 0 Å². The third kappa shape index (κ3) is 5.63. The zero-order chi connectivity index (χ0) is 24.9. The number of nitrogens with zero attached hydrogens (tertiary/aromatic N) is 3. The molecule has 0 saturated carbocycles. The van der Waals surface area contributed by atoms with Crippen molar-refractivity contribution in [2.45, 2.75) is 32.9 Å². The normalized spacial score (nSPS) is 14.3. The molecule has 2 aromatic carbocycles. The van der Waals surface area contributed by atoms with Crippen LogP contribution in [0.15, 0.2) is 41.2 Å². The molecule has 0 spiro atoms. The maximum atomic E-state index is 13.6. The predicted octanol–water partition coefficient (Wildman–Crippen LogP) is 3.01. The summed E-state index contributed by atoms with van der Waals surface area (Å²) in [4.78, 5) is 33.6. The topological polar surface area (TPSA) is 94.9 Å². The van der Waals surface area contributed by atoms with E-state index in [1.807, 2.05) is 24.3 Å². The number of carbonyl (C=O) groups excluding carboxylic acids is 1. The van der Waals surface area contributed by atoms with E-state index in [1.165, 1.54) is 18.8 Å². The molecule has 0 atom stereocenters. The summed E-state index contributed by atoms with van der Waals surface area (Å²) in [6, 6.07) is 11.0. The van der Waals surface area contributed by atoms with Gasteiger partial charge in [0.05, 0.1) is 44.9 Å². The van der Waals surface area contributed by atoms with Gasteiger partial charge in [-0.05, 0) is 29.7 Å². The molecule has 0 radical (unpaired) electrons. The first kappa shape index (κ1) is 24.7. The van der Waals surface area contributed by atoms with Gasteiger partial charge in [-0.2, -0.15) is 0 Å². The van der Waals surface area contributed by atoms with Gasteiger partial charge in [0.25, 0.3) is 5.56 Å². The molecule has 2 heterocycles. The van der Waals surface area contributed by atoms with Crippen molar-refractivity contribution in [1.29, 1.82) is 0 Å². The average molecular weight is 481 g/mol. The number of hydrogen-bond acceptors (Lipinski definition) is 7. The van der Waals surface area contributed by atoms with E-state index in [-0.39, 0.29) is 18.0 Å². The lowest BCUT2D eigenvalue weighted by atomic mass is 10.0. The zero-order valence-corrected chi connectivity index (χ0v) is 20.7. The number of fused-ring (bicyclic) bond motifs is 1. The van der Waals surface area contributed by atoms with Crippen LogP contribution in [0.3, 0.4) is 0 Å². The van der Waals surface area contributed by atoms with Crippen LogP contribution in [0, 0.1) is 0 Å². The van der Waals surface area contributed by atoms with Crippen molar-refractivity contribution in [3.05, 3.63) is 58.1 Å². The summed E-state index contributed by atoms with van der Waals surface area (Å²) in [5, 5.41) is 3.29. The van der Waals surface area contributed by atoms with Crippen molar-refractivity contribution < 1.29 is 19.0 Å². The van der Waals surface area contributed by atoms with Crippen LogP contribution in [-0.2, 0) is 22.6 Å². The second kappa shape index (κ2) is 10.9. The molecule has 4 rings (SSSR count). The summed E-state index contributed by atoms with van der Waals surface area (Å²) in [5.41, 5.74) is 2.02. The van der Waals surface area contributed by atoms with E-state index in [1.54, 1.807) is 12.1 Å². The highest BCUT2D eigenvalue weighted by Gasteiger charge is 2.20. The third-order valence-corrected chi connectivity index (χ3v) is 6.15. The first-order valence-electron chi connectivity index (χ1n) is 11.7. The van der Waals surface area contributed by atoms with Crippen molar-refractivity contribution in [3.8, 4) is 11.5 Å². The van der Waals surface area contributed by atoms with Gasteiger partial charge in [-0.1, -0.05) is 26.0 Å². The number of anilines is 1. The van der Waals surface area contributed by atoms with Gasteiger partial charge in [0.15, 0.2) is 11.5 Å². The number of aromatic nitrogens is 2. The molecule has 9 nitrogen and oxygen atoms in total. The summed E-state index contributed by atoms with van der Waals surface area (Å²) in [7, 11) is 3.05. The lowest BCUT2D eigenvalue weighted by molar-refractivity contribution is -0.116. The molecule has 186 valence electrons. The summed E-state index contributed by atoms with van der Waals surface area (Å²) in [6.07, 6.45) is 0. The average Bonchev–Trinajstić information content (AvgIpc) is 2.86. The molecule has 35 heavy (non-hydrogen) atoms. The first-order chi connectivity index (χ1) is 16.9. The summed E-state index contributed by atoms with van der Waals surface area (Å²) < 4.78 is 17.7. The summed E-state index contributed by atoms with van der Waals surface area (Å²) in [5.74, 6) is 1.48. The fourth-order valence-electron chi connectivity index (χ4n) is 4.16. The monoisotopic (exact) mass is 480 g/mol. The predicted molar refractivity (Wildman–Crippen MR) is 134 cm³/mol. The standard InChI is InChI=1S/C26H32N4O5/c1-17(2)18-6-5-7-19(12-18)27-25(31)16-30-24(15-29-8-10-35-11-9-29)28-21-14-23(34-4)22(33-3)13-20(21)26(30)32/h5-7,12-14,17H,8-11,15-16H2,1-4H3,(H,27,31). The number of benzene rings is 2. The molecule has 1 saturated heterocycles. The highest BCUT2D eigenvalue weighted by molar-refractivity contribution is 5.91. The Kier molecular flexibility index (Phi) is 7.67. The quantitative estimate of drug-likeness (QED) is 0.530.